The number of nitrogens with zero attached hydrogens (tertiary/aromatic N) is 1. The van der Waals surface area contributed by atoms with Crippen molar-refractivity contribution in [3.63, 3.8) is 0 Å². The number of hydrogen-bond donors (Lipinski definition) is 1. The summed E-state index contributed by atoms with van der Waals surface area (Å²) in [6.45, 7) is 4.36. The Kier molecular flexibility index (Phi) is 36.6. The van der Waals surface area contributed by atoms with Crippen molar-refractivity contribution in [3.05, 3.63) is 36.5 Å². The van der Waals surface area contributed by atoms with Crippen LogP contribution in [-0.4, -0.2) is 74.9 Å². The first-order valence-corrected chi connectivity index (χ1v) is 23.7. The number of esters is 2. The Hall–Kier alpha value is -1.77. The van der Waals surface area contributed by atoms with Crippen molar-refractivity contribution in [2.24, 2.45) is 0 Å². The SMILES string of the molecule is CCCCCCCC/C=C/C/C=C/C/C=C/CCCC(=O)O[C@H](COC(=O)CCCCCCCCCCCCCCCC)COP(=O)(O)OCC[N+](C)(C)C. The summed E-state index contributed by atoms with van der Waals surface area (Å²) < 4.78 is 34.2. The number of unbranched alkanes of at least 4 members (excludes halogenated alkanes) is 20. The fraction of sp³-hybridized carbons (Fsp3) is 0.822. The van der Waals surface area contributed by atoms with E-state index < -0.39 is 26.5 Å². The number of rotatable bonds is 40. The maximum absolute atomic E-state index is 12.7. The highest BCUT2D eigenvalue weighted by Gasteiger charge is 2.27. The van der Waals surface area contributed by atoms with Crippen molar-refractivity contribution in [2.45, 2.75) is 193 Å². The van der Waals surface area contributed by atoms with Gasteiger partial charge >= 0.3 is 19.8 Å². The Morgan fingerprint density at radius 2 is 1.00 bits per heavy atom. The minimum absolute atomic E-state index is 0.0234. The molecule has 10 heteroatoms. The molecule has 0 saturated heterocycles. The minimum Gasteiger partial charge on any atom is -0.462 e. The maximum Gasteiger partial charge on any atom is 0.472 e. The van der Waals surface area contributed by atoms with Crippen LogP contribution in [0.25, 0.3) is 0 Å². The molecular weight excluding hydrogens is 713 g/mol. The number of phosphoric ester groups is 1. The highest BCUT2D eigenvalue weighted by atomic mass is 31.2. The van der Waals surface area contributed by atoms with Gasteiger partial charge in [-0.3, -0.25) is 18.6 Å². The van der Waals surface area contributed by atoms with Gasteiger partial charge in [0.25, 0.3) is 0 Å². The molecule has 0 aliphatic rings. The first-order chi connectivity index (χ1) is 26.5. The molecule has 0 radical (unpaired) electrons. The van der Waals surface area contributed by atoms with E-state index in [9.17, 15) is 19.0 Å². The van der Waals surface area contributed by atoms with Gasteiger partial charge in [-0.25, -0.2) is 4.57 Å². The molecule has 0 aliphatic heterocycles. The maximum atomic E-state index is 12.7. The molecule has 0 bridgehead atoms. The average Bonchev–Trinajstić information content (AvgIpc) is 3.13. The lowest BCUT2D eigenvalue weighted by Crippen LogP contribution is -2.37. The monoisotopic (exact) mass is 799 g/mol. The molecule has 0 aliphatic carbocycles. The van der Waals surface area contributed by atoms with Crippen molar-refractivity contribution < 1.29 is 42.1 Å². The van der Waals surface area contributed by atoms with Crippen molar-refractivity contribution in [1.82, 2.24) is 0 Å². The van der Waals surface area contributed by atoms with E-state index in [4.69, 9.17) is 18.5 Å². The van der Waals surface area contributed by atoms with Gasteiger partial charge in [-0.15, -0.1) is 0 Å². The van der Waals surface area contributed by atoms with Gasteiger partial charge in [0.05, 0.1) is 27.7 Å². The predicted octanol–water partition coefficient (Wildman–Crippen LogP) is 12.5. The fourth-order valence-corrected chi connectivity index (χ4v) is 6.65. The first-order valence-electron chi connectivity index (χ1n) is 22.2. The summed E-state index contributed by atoms with van der Waals surface area (Å²) in [6.07, 6.45) is 42.0. The third kappa shape index (κ3) is 41.7. The van der Waals surface area contributed by atoms with Crippen LogP contribution in [0.1, 0.15) is 187 Å². The number of allylic oxidation sites excluding steroid dienone is 6. The molecule has 55 heavy (non-hydrogen) atoms. The molecule has 0 rings (SSSR count). The summed E-state index contributed by atoms with van der Waals surface area (Å²) >= 11 is 0. The number of phosphoric acid groups is 1. The molecular formula is C45H85NO8P+. The summed E-state index contributed by atoms with van der Waals surface area (Å²) in [5.41, 5.74) is 0. The summed E-state index contributed by atoms with van der Waals surface area (Å²) in [5, 5.41) is 0. The zero-order valence-electron chi connectivity index (χ0n) is 36.2. The van der Waals surface area contributed by atoms with Gasteiger partial charge in [-0.2, -0.15) is 0 Å². The smallest absolute Gasteiger partial charge is 0.462 e. The summed E-state index contributed by atoms with van der Waals surface area (Å²) in [6, 6.07) is 0. The van der Waals surface area contributed by atoms with Gasteiger partial charge in [-0.05, 0) is 44.9 Å². The molecule has 9 nitrogen and oxygen atoms in total. The zero-order chi connectivity index (χ0) is 40.7. The third-order valence-electron chi connectivity index (χ3n) is 9.42. The molecule has 322 valence electrons. The molecule has 0 heterocycles. The molecule has 2 atom stereocenters. The van der Waals surface area contributed by atoms with Crippen LogP contribution in [0, 0.1) is 0 Å². The number of carbonyl (C=O) groups excluding carboxylic acids is 2. The highest BCUT2D eigenvalue weighted by Crippen LogP contribution is 2.43. The fourth-order valence-electron chi connectivity index (χ4n) is 5.91. The van der Waals surface area contributed by atoms with Gasteiger partial charge < -0.3 is 18.9 Å². The quantitative estimate of drug-likeness (QED) is 0.0215. The van der Waals surface area contributed by atoms with Gasteiger partial charge in [0.1, 0.15) is 19.8 Å². The van der Waals surface area contributed by atoms with Crippen LogP contribution >= 0.6 is 7.82 Å². The van der Waals surface area contributed by atoms with E-state index in [1.54, 1.807) is 0 Å². The van der Waals surface area contributed by atoms with E-state index >= 15 is 0 Å². The van der Waals surface area contributed by atoms with E-state index in [1.807, 2.05) is 21.1 Å². The van der Waals surface area contributed by atoms with Crippen LogP contribution < -0.4 is 0 Å². The van der Waals surface area contributed by atoms with Gasteiger partial charge in [0, 0.05) is 12.8 Å². The Bertz CT molecular complexity index is 1040. The lowest BCUT2D eigenvalue weighted by molar-refractivity contribution is -0.870. The Morgan fingerprint density at radius 3 is 1.51 bits per heavy atom. The summed E-state index contributed by atoms with van der Waals surface area (Å²) in [7, 11) is 1.45. The van der Waals surface area contributed by atoms with Gasteiger partial charge in [0.15, 0.2) is 6.10 Å². The van der Waals surface area contributed by atoms with Crippen LogP contribution in [0.2, 0.25) is 0 Å². The highest BCUT2D eigenvalue weighted by molar-refractivity contribution is 7.47. The lowest BCUT2D eigenvalue weighted by atomic mass is 10.0. The molecule has 0 spiro atoms. The van der Waals surface area contributed by atoms with Crippen LogP contribution in [0.5, 0.6) is 0 Å². The van der Waals surface area contributed by atoms with Crippen molar-refractivity contribution in [3.8, 4) is 0 Å². The number of carbonyl (C=O) groups is 2. The standard InChI is InChI=1S/C45H84NO8P/c1-6-8-10-12-14-16-18-20-22-23-24-26-28-30-32-34-36-38-45(48)54-43(42-53-55(49,50)52-40-39-46(3,4)5)41-51-44(47)37-35-33-31-29-27-25-21-19-17-15-13-11-9-7-2/h20,22,24,26,30,32,43H,6-19,21,23,25,27-29,31,33-42H2,1-5H3/p+1/b22-20+,26-24+,32-30+/t43-/m1/s1. The molecule has 0 saturated carbocycles. The molecule has 1 N–H and O–H groups in total. The lowest BCUT2D eigenvalue weighted by Gasteiger charge is -2.24. The summed E-state index contributed by atoms with van der Waals surface area (Å²) in [4.78, 5) is 35.3. The van der Waals surface area contributed by atoms with E-state index in [2.05, 4.69) is 50.3 Å². The first kappa shape index (κ1) is 53.2. The molecule has 0 aromatic rings. The van der Waals surface area contributed by atoms with E-state index in [0.29, 0.717) is 17.4 Å². The number of quaternary nitrogens is 1. The predicted molar refractivity (Wildman–Crippen MR) is 229 cm³/mol. The van der Waals surface area contributed by atoms with Gasteiger partial charge in [-0.1, -0.05) is 166 Å². The van der Waals surface area contributed by atoms with Crippen LogP contribution in [-0.2, 0) is 32.7 Å². The number of hydrogen-bond acceptors (Lipinski definition) is 7. The van der Waals surface area contributed by atoms with E-state index in [1.165, 1.54) is 109 Å². The zero-order valence-corrected chi connectivity index (χ0v) is 37.1. The Labute approximate surface area is 338 Å². The minimum atomic E-state index is -4.38. The van der Waals surface area contributed by atoms with E-state index in [-0.39, 0.29) is 32.0 Å². The largest absolute Gasteiger partial charge is 0.472 e. The topological polar surface area (TPSA) is 108 Å². The van der Waals surface area contributed by atoms with Crippen LogP contribution in [0.15, 0.2) is 36.5 Å². The van der Waals surface area contributed by atoms with Crippen LogP contribution in [0.4, 0.5) is 0 Å². The third-order valence-corrected chi connectivity index (χ3v) is 10.4. The second kappa shape index (κ2) is 37.8. The molecule has 0 aromatic heterocycles. The van der Waals surface area contributed by atoms with Gasteiger partial charge in [0.2, 0.25) is 0 Å². The Morgan fingerprint density at radius 1 is 0.564 bits per heavy atom. The van der Waals surface area contributed by atoms with Crippen LogP contribution in [0.3, 0.4) is 0 Å². The van der Waals surface area contributed by atoms with Crippen molar-refractivity contribution in [2.75, 3.05) is 47.5 Å². The molecule has 1 unspecified atom stereocenters. The molecule has 0 amide bonds. The summed E-state index contributed by atoms with van der Waals surface area (Å²) in [5.74, 6) is -0.855. The Balaban J connectivity index is 4.44. The average molecular weight is 799 g/mol. The van der Waals surface area contributed by atoms with Crippen molar-refractivity contribution in [1.29, 1.82) is 0 Å². The second-order valence-electron chi connectivity index (χ2n) is 16.1. The molecule has 0 fully saturated rings. The van der Waals surface area contributed by atoms with E-state index in [0.717, 1.165) is 44.9 Å². The normalized spacial score (nSPS) is 13.9. The molecule has 0 aromatic carbocycles. The van der Waals surface area contributed by atoms with Crippen molar-refractivity contribution >= 4 is 19.8 Å². The number of likely N-dealkylation sites (N-methyl/N-ethyl adjacent to an activating group) is 1. The second-order valence-corrected chi connectivity index (χ2v) is 17.5. The number of ether oxygens (including phenoxy) is 2.